The minimum absolute atomic E-state index is 0.126. The first-order valence-electron chi connectivity index (χ1n) is 5.14. The van der Waals surface area contributed by atoms with Crippen LogP contribution in [0.25, 0.3) is 0 Å². The Hall–Kier alpha value is -0.650. The molecule has 0 radical (unpaired) electrons. The molecule has 0 bridgehead atoms. The molecule has 5 heteroatoms. The van der Waals surface area contributed by atoms with E-state index in [1.54, 1.807) is 0 Å². The number of carboxylic acids is 1. The standard InChI is InChI=1S/C10H18O5/c1-3-8(10(11)12)9(15-6-13-2)4-7-5-14-7/h7-9H,3-6H2,1-2H3,(H,11,12)/t7-,8?,9+/m0/s1. The van der Waals surface area contributed by atoms with E-state index in [1.165, 1.54) is 7.11 Å². The van der Waals surface area contributed by atoms with Gasteiger partial charge in [0.05, 0.1) is 24.7 Å². The highest BCUT2D eigenvalue weighted by Crippen LogP contribution is 2.24. The fraction of sp³-hybridized carbons (Fsp3) is 0.900. The predicted molar refractivity (Wildman–Crippen MR) is 52.5 cm³/mol. The van der Waals surface area contributed by atoms with Crippen molar-refractivity contribution < 1.29 is 24.1 Å². The minimum Gasteiger partial charge on any atom is -0.481 e. The molecule has 15 heavy (non-hydrogen) atoms. The van der Waals surface area contributed by atoms with Crippen molar-refractivity contribution in [1.29, 1.82) is 0 Å². The molecule has 1 rings (SSSR count). The van der Waals surface area contributed by atoms with Gasteiger partial charge in [-0.15, -0.1) is 0 Å². The first kappa shape index (κ1) is 12.4. The zero-order valence-electron chi connectivity index (χ0n) is 9.14. The van der Waals surface area contributed by atoms with Gasteiger partial charge in [-0.3, -0.25) is 4.79 Å². The van der Waals surface area contributed by atoms with Gasteiger partial charge in [-0.25, -0.2) is 0 Å². The SMILES string of the molecule is CCC(C(=O)O)[C@@H](C[C@H]1CO1)OCOC. The van der Waals surface area contributed by atoms with E-state index in [0.29, 0.717) is 19.4 Å². The molecule has 1 N–H and O–H groups in total. The molecule has 0 aliphatic carbocycles. The largest absolute Gasteiger partial charge is 0.481 e. The van der Waals surface area contributed by atoms with Crippen molar-refractivity contribution in [2.75, 3.05) is 20.5 Å². The maximum absolute atomic E-state index is 11.0. The van der Waals surface area contributed by atoms with Crippen LogP contribution >= 0.6 is 0 Å². The number of epoxide rings is 1. The number of hydrogen-bond acceptors (Lipinski definition) is 4. The lowest BCUT2D eigenvalue weighted by Gasteiger charge is -2.22. The van der Waals surface area contributed by atoms with Crippen molar-refractivity contribution in [2.45, 2.75) is 32.0 Å². The smallest absolute Gasteiger partial charge is 0.309 e. The molecule has 0 aromatic heterocycles. The van der Waals surface area contributed by atoms with Gasteiger partial charge in [0.2, 0.25) is 0 Å². The van der Waals surface area contributed by atoms with Crippen LogP contribution in [0.15, 0.2) is 0 Å². The van der Waals surface area contributed by atoms with Crippen LogP contribution in [-0.4, -0.2) is 43.8 Å². The maximum Gasteiger partial charge on any atom is 0.309 e. The number of aliphatic carboxylic acids is 1. The third-order valence-electron chi connectivity index (χ3n) is 2.50. The van der Waals surface area contributed by atoms with Crippen molar-refractivity contribution in [3.8, 4) is 0 Å². The summed E-state index contributed by atoms with van der Waals surface area (Å²) < 4.78 is 15.2. The molecule has 3 atom stereocenters. The average Bonchev–Trinajstić information content (AvgIpc) is 2.98. The number of carboxylic acid groups (broad SMARTS) is 1. The highest BCUT2D eigenvalue weighted by atomic mass is 16.7. The van der Waals surface area contributed by atoms with E-state index >= 15 is 0 Å². The van der Waals surface area contributed by atoms with Gasteiger partial charge in [-0.05, 0) is 6.42 Å². The topological polar surface area (TPSA) is 68.3 Å². The van der Waals surface area contributed by atoms with Crippen LogP contribution in [0.1, 0.15) is 19.8 Å². The van der Waals surface area contributed by atoms with E-state index in [2.05, 4.69) is 0 Å². The molecule has 0 amide bonds. The van der Waals surface area contributed by atoms with Crippen molar-refractivity contribution >= 4 is 5.97 Å². The van der Waals surface area contributed by atoms with E-state index in [4.69, 9.17) is 19.3 Å². The first-order chi connectivity index (χ1) is 7.19. The fourth-order valence-corrected chi connectivity index (χ4v) is 1.56. The Balaban J connectivity index is 2.46. The third-order valence-corrected chi connectivity index (χ3v) is 2.50. The Bertz CT molecular complexity index is 202. The summed E-state index contributed by atoms with van der Waals surface area (Å²) in [5, 5.41) is 9.01. The number of ether oxygens (including phenoxy) is 3. The zero-order valence-corrected chi connectivity index (χ0v) is 9.14. The molecule has 0 saturated carbocycles. The Morgan fingerprint density at radius 3 is 2.73 bits per heavy atom. The van der Waals surface area contributed by atoms with Gasteiger partial charge in [0.1, 0.15) is 6.79 Å². The molecule has 0 aromatic carbocycles. The molecule has 1 aliphatic heterocycles. The highest BCUT2D eigenvalue weighted by molar-refractivity contribution is 5.70. The Kier molecular flexibility index (Phi) is 5.01. The normalized spacial score (nSPS) is 23.5. The third kappa shape index (κ3) is 4.15. The monoisotopic (exact) mass is 218 g/mol. The van der Waals surface area contributed by atoms with E-state index < -0.39 is 11.9 Å². The van der Waals surface area contributed by atoms with Gasteiger partial charge in [-0.1, -0.05) is 6.92 Å². The minimum atomic E-state index is -0.820. The molecule has 88 valence electrons. The van der Waals surface area contributed by atoms with Gasteiger partial charge in [0.25, 0.3) is 0 Å². The molecule has 1 heterocycles. The van der Waals surface area contributed by atoms with E-state index in [0.717, 1.165) is 0 Å². The van der Waals surface area contributed by atoms with E-state index in [9.17, 15) is 4.79 Å². The Morgan fingerprint density at radius 2 is 2.33 bits per heavy atom. The van der Waals surface area contributed by atoms with Crippen molar-refractivity contribution in [3.63, 3.8) is 0 Å². The first-order valence-corrected chi connectivity index (χ1v) is 5.14. The number of hydrogen-bond donors (Lipinski definition) is 1. The summed E-state index contributed by atoms with van der Waals surface area (Å²) in [6, 6.07) is 0. The van der Waals surface area contributed by atoms with Crippen LogP contribution in [0.3, 0.4) is 0 Å². The van der Waals surface area contributed by atoms with Gasteiger partial charge in [0, 0.05) is 13.5 Å². The van der Waals surface area contributed by atoms with Crippen LogP contribution < -0.4 is 0 Å². The summed E-state index contributed by atoms with van der Waals surface area (Å²) >= 11 is 0. The molecule has 1 fully saturated rings. The maximum atomic E-state index is 11.0. The van der Waals surface area contributed by atoms with E-state index in [-0.39, 0.29) is 19.0 Å². The number of carbonyl (C=O) groups is 1. The molecule has 1 aliphatic rings. The molecule has 1 saturated heterocycles. The highest BCUT2D eigenvalue weighted by Gasteiger charge is 2.34. The van der Waals surface area contributed by atoms with Crippen LogP contribution in [-0.2, 0) is 19.0 Å². The van der Waals surface area contributed by atoms with Gasteiger partial charge < -0.3 is 19.3 Å². The number of rotatable bonds is 8. The summed E-state index contributed by atoms with van der Waals surface area (Å²) in [4.78, 5) is 11.0. The van der Waals surface area contributed by atoms with Crippen LogP contribution in [0.2, 0.25) is 0 Å². The molecular weight excluding hydrogens is 200 g/mol. The summed E-state index contributed by atoms with van der Waals surface area (Å²) in [6.07, 6.45) is 1.03. The quantitative estimate of drug-likeness (QED) is 0.483. The van der Waals surface area contributed by atoms with Crippen LogP contribution in [0, 0.1) is 5.92 Å². The predicted octanol–water partition coefficient (Wildman–Crippen LogP) is 0.875. The lowest BCUT2D eigenvalue weighted by molar-refractivity contribution is -0.154. The second-order valence-electron chi connectivity index (χ2n) is 3.66. The van der Waals surface area contributed by atoms with Gasteiger partial charge in [-0.2, -0.15) is 0 Å². The number of methoxy groups -OCH3 is 1. The molecule has 5 nitrogen and oxygen atoms in total. The van der Waals surface area contributed by atoms with Crippen molar-refractivity contribution in [1.82, 2.24) is 0 Å². The van der Waals surface area contributed by atoms with Gasteiger partial charge >= 0.3 is 5.97 Å². The summed E-state index contributed by atoms with van der Waals surface area (Å²) in [6.45, 7) is 2.68. The second kappa shape index (κ2) is 6.05. The molecule has 0 aromatic rings. The fourth-order valence-electron chi connectivity index (χ4n) is 1.56. The zero-order chi connectivity index (χ0) is 11.3. The Morgan fingerprint density at radius 1 is 1.67 bits per heavy atom. The average molecular weight is 218 g/mol. The van der Waals surface area contributed by atoms with Crippen molar-refractivity contribution in [3.05, 3.63) is 0 Å². The second-order valence-corrected chi connectivity index (χ2v) is 3.66. The molecule has 1 unspecified atom stereocenters. The Labute approximate surface area is 89.3 Å². The lowest BCUT2D eigenvalue weighted by Crippen LogP contribution is -2.32. The summed E-state index contributed by atoms with van der Waals surface area (Å²) in [5.41, 5.74) is 0. The van der Waals surface area contributed by atoms with Crippen LogP contribution in [0.4, 0.5) is 0 Å². The summed E-state index contributed by atoms with van der Waals surface area (Å²) in [7, 11) is 1.52. The van der Waals surface area contributed by atoms with E-state index in [1.807, 2.05) is 6.92 Å². The van der Waals surface area contributed by atoms with Gasteiger partial charge in [0.15, 0.2) is 0 Å². The summed E-state index contributed by atoms with van der Waals surface area (Å²) in [5.74, 6) is -1.30. The molecule has 0 spiro atoms. The molecular formula is C10H18O5. The lowest BCUT2D eigenvalue weighted by atomic mass is 9.96. The van der Waals surface area contributed by atoms with Crippen LogP contribution in [0.5, 0.6) is 0 Å². The van der Waals surface area contributed by atoms with Crippen molar-refractivity contribution in [2.24, 2.45) is 5.92 Å².